The van der Waals surface area contributed by atoms with E-state index < -0.39 is 10.9 Å². The third kappa shape index (κ3) is 5.33. The van der Waals surface area contributed by atoms with Crippen LogP contribution in [0.15, 0.2) is 28.3 Å². The average Bonchev–Trinajstić information content (AvgIpc) is 3.15. The second kappa shape index (κ2) is 9.52. The maximum absolute atomic E-state index is 11.7. The molecule has 0 bridgehead atoms. The molecule has 1 aliphatic heterocycles. The van der Waals surface area contributed by atoms with Crippen LogP contribution in [0.3, 0.4) is 0 Å². The summed E-state index contributed by atoms with van der Waals surface area (Å²) in [6.45, 7) is 4.16. The van der Waals surface area contributed by atoms with E-state index in [0.29, 0.717) is 48.5 Å². The quantitative estimate of drug-likeness (QED) is 0.286. The van der Waals surface area contributed by atoms with Gasteiger partial charge < -0.3 is 14.7 Å². The number of carboxylic acids is 1. The number of hydrogen-bond acceptors (Lipinski definition) is 8. The number of ether oxygens (including phenoxy) is 1. The maximum atomic E-state index is 11.7. The van der Waals surface area contributed by atoms with Gasteiger partial charge in [0.2, 0.25) is 5.16 Å². The lowest BCUT2D eigenvalue weighted by Crippen LogP contribution is -2.36. The maximum Gasteiger partial charge on any atom is 0.342 e. The summed E-state index contributed by atoms with van der Waals surface area (Å²) in [5.41, 5.74) is 0.847. The van der Waals surface area contributed by atoms with Gasteiger partial charge in [0.05, 0.1) is 18.1 Å². The number of nitrogens with zero attached hydrogens (tertiary/aromatic N) is 4. The average molecular weight is 419 g/mol. The molecule has 2 N–H and O–H groups in total. The molecule has 0 aliphatic carbocycles. The second-order valence-electron chi connectivity index (χ2n) is 6.34. The molecular weight excluding hydrogens is 398 g/mol. The molecule has 0 atom stereocenters. The molecule has 1 aliphatic rings. The molecule has 10 nitrogen and oxygen atoms in total. The smallest absolute Gasteiger partial charge is 0.342 e. The van der Waals surface area contributed by atoms with Gasteiger partial charge in [0, 0.05) is 25.6 Å². The Bertz CT molecular complexity index is 923. The van der Waals surface area contributed by atoms with Crippen molar-refractivity contribution in [2.45, 2.75) is 24.9 Å². The van der Waals surface area contributed by atoms with Crippen LogP contribution in [-0.4, -0.2) is 57.5 Å². The Morgan fingerprint density at radius 1 is 1.45 bits per heavy atom. The molecular formula is C18H21N5O5S. The number of aromatic amines is 1. The number of carboxylic acid groups (broad SMARTS) is 1. The first-order chi connectivity index (χ1) is 14.0. The molecule has 0 unspecified atom stereocenters. The Hall–Kier alpha value is -2.92. The Labute approximate surface area is 171 Å². The topological polar surface area (TPSA) is 134 Å². The summed E-state index contributed by atoms with van der Waals surface area (Å²) in [7, 11) is 0. The van der Waals surface area contributed by atoms with Crippen molar-refractivity contribution in [3.05, 3.63) is 44.6 Å². The minimum absolute atomic E-state index is 0.0273. The zero-order valence-electron chi connectivity index (χ0n) is 15.8. The molecule has 0 amide bonds. The van der Waals surface area contributed by atoms with E-state index in [1.54, 1.807) is 12.1 Å². The SMILES string of the molecule is CCCc1nc(S/C(=C/c2ccc(N3CCOCC3)c([N+](=O)[O-])c2)C(=O)O)n[nH]1. The Kier molecular flexibility index (Phi) is 6.83. The summed E-state index contributed by atoms with van der Waals surface area (Å²) < 4.78 is 5.29. The lowest BCUT2D eigenvalue weighted by Gasteiger charge is -2.28. The van der Waals surface area contributed by atoms with E-state index in [-0.39, 0.29) is 10.6 Å². The molecule has 154 valence electrons. The largest absolute Gasteiger partial charge is 0.477 e. The Morgan fingerprint density at radius 2 is 2.21 bits per heavy atom. The van der Waals surface area contributed by atoms with E-state index in [2.05, 4.69) is 15.2 Å². The van der Waals surface area contributed by atoms with Gasteiger partial charge in [-0.25, -0.2) is 9.78 Å². The highest BCUT2D eigenvalue weighted by Gasteiger charge is 2.22. The third-order valence-corrected chi connectivity index (χ3v) is 5.13. The minimum atomic E-state index is -1.16. The monoisotopic (exact) mass is 419 g/mol. The molecule has 1 fully saturated rings. The van der Waals surface area contributed by atoms with Crippen LogP contribution in [0.2, 0.25) is 0 Å². The van der Waals surface area contributed by atoms with Crippen molar-refractivity contribution >= 4 is 35.2 Å². The number of hydrogen-bond donors (Lipinski definition) is 2. The highest BCUT2D eigenvalue weighted by Crippen LogP contribution is 2.32. The number of anilines is 1. The lowest BCUT2D eigenvalue weighted by molar-refractivity contribution is -0.384. The normalized spacial score (nSPS) is 14.8. The molecule has 1 saturated heterocycles. The van der Waals surface area contributed by atoms with Crippen LogP contribution in [0.5, 0.6) is 0 Å². The number of nitrogens with one attached hydrogen (secondary N) is 1. The van der Waals surface area contributed by atoms with Gasteiger partial charge in [0.25, 0.3) is 5.69 Å². The predicted octanol–water partition coefficient (Wildman–Crippen LogP) is 2.72. The van der Waals surface area contributed by atoms with Crippen LogP contribution in [-0.2, 0) is 16.0 Å². The number of morpholine rings is 1. The minimum Gasteiger partial charge on any atom is -0.477 e. The molecule has 1 aromatic heterocycles. The lowest BCUT2D eigenvalue weighted by atomic mass is 10.1. The number of carbonyl (C=O) groups is 1. The van der Waals surface area contributed by atoms with Crippen molar-refractivity contribution in [1.29, 1.82) is 0 Å². The van der Waals surface area contributed by atoms with E-state index in [9.17, 15) is 20.0 Å². The number of aryl methyl sites for hydroxylation is 1. The summed E-state index contributed by atoms with van der Waals surface area (Å²) in [5.74, 6) is -0.470. The number of thioether (sulfide) groups is 1. The summed E-state index contributed by atoms with van der Waals surface area (Å²) in [4.78, 5) is 28.9. The van der Waals surface area contributed by atoms with Crippen LogP contribution >= 0.6 is 11.8 Å². The number of rotatable bonds is 8. The zero-order chi connectivity index (χ0) is 20.8. The van der Waals surface area contributed by atoms with E-state index >= 15 is 0 Å². The molecule has 2 aromatic rings. The summed E-state index contributed by atoms with van der Waals surface area (Å²) in [5, 5.41) is 28.2. The number of H-pyrrole nitrogens is 1. The first-order valence-electron chi connectivity index (χ1n) is 9.13. The fraction of sp³-hybridized carbons (Fsp3) is 0.389. The first kappa shape index (κ1) is 20.8. The summed E-state index contributed by atoms with van der Waals surface area (Å²) >= 11 is 0.896. The van der Waals surface area contributed by atoms with Crippen LogP contribution < -0.4 is 4.90 Å². The van der Waals surface area contributed by atoms with Gasteiger partial charge in [0.1, 0.15) is 16.4 Å². The van der Waals surface area contributed by atoms with Crippen molar-refractivity contribution in [3.8, 4) is 0 Å². The van der Waals surface area contributed by atoms with E-state index in [1.807, 2.05) is 11.8 Å². The van der Waals surface area contributed by atoms with Crippen molar-refractivity contribution in [3.63, 3.8) is 0 Å². The summed E-state index contributed by atoms with van der Waals surface area (Å²) in [6, 6.07) is 4.70. The van der Waals surface area contributed by atoms with Gasteiger partial charge >= 0.3 is 5.97 Å². The standard InChI is InChI=1S/C18H21N5O5S/c1-2-3-16-19-18(21-20-16)29-15(17(24)25)11-12-4-5-13(14(10-12)23(26)27)22-6-8-28-9-7-22/h4-5,10-11H,2-3,6-9H2,1H3,(H,24,25)(H,19,20,21)/b15-11+. The van der Waals surface area contributed by atoms with Crippen LogP contribution in [0, 0.1) is 10.1 Å². The highest BCUT2D eigenvalue weighted by molar-refractivity contribution is 8.04. The molecule has 1 aromatic carbocycles. The van der Waals surface area contributed by atoms with Gasteiger partial charge in [-0.2, -0.15) is 0 Å². The van der Waals surface area contributed by atoms with Crippen molar-refractivity contribution in [1.82, 2.24) is 15.2 Å². The Balaban J connectivity index is 1.87. The first-order valence-corrected chi connectivity index (χ1v) is 9.95. The van der Waals surface area contributed by atoms with Crippen molar-refractivity contribution in [2.75, 3.05) is 31.2 Å². The molecule has 3 rings (SSSR count). The Morgan fingerprint density at radius 3 is 2.86 bits per heavy atom. The second-order valence-corrected chi connectivity index (χ2v) is 7.34. The predicted molar refractivity (Wildman–Crippen MR) is 108 cm³/mol. The molecule has 11 heteroatoms. The number of nitro benzene ring substituents is 1. The fourth-order valence-electron chi connectivity index (χ4n) is 2.90. The highest BCUT2D eigenvalue weighted by atomic mass is 32.2. The molecule has 2 heterocycles. The fourth-order valence-corrected chi connectivity index (χ4v) is 3.63. The van der Waals surface area contributed by atoms with Gasteiger partial charge in [-0.05, 0) is 35.9 Å². The van der Waals surface area contributed by atoms with Crippen molar-refractivity contribution < 1.29 is 19.6 Å². The number of aromatic nitrogens is 3. The van der Waals surface area contributed by atoms with E-state index in [1.165, 1.54) is 12.1 Å². The van der Waals surface area contributed by atoms with Gasteiger partial charge in [-0.15, -0.1) is 5.10 Å². The van der Waals surface area contributed by atoms with E-state index in [4.69, 9.17) is 4.74 Å². The van der Waals surface area contributed by atoms with Crippen LogP contribution in [0.1, 0.15) is 24.7 Å². The van der Waals surface area contributed by atoms with Crippen molar-refractivity contribution in [2.24, 2.45) is 0 Å². The number of aliphatic carboxylic acids is 1. The van der Waals surface area contributed by atoms with Gasteiger partial charge in [-0.1, -0.05) is 13.0 Å². The third-order valence-electron chi connectivity index (χ3n) is 4.26. The molecule has 0 saturated carbocycles. The molecule has 0 spiro atoms. The van der Waals surface area contributed by atoms with Crippen LogP contribution in [0.4, 0.5) is 11.4 Å². The van der Waals surface area contributed by atoms with Gasteiger partial charge in [0.15, 0.2) is 0 Å². The van der Waals surface area contributed by atoms with Gasteiger partial charge in [-0.3, -0.25) is 15.2 Å². The zero-order valence-corrected chi connectivity index (χ0v) is 16.6. The molecule has 29 heavy (non-hydrogen) atoms. The number of nitro groups is 1. The van der Waals surface area contributed by atoms with Crippen LogP contribution in [0.25, 0.3) is 6.08 Å². The van der Waals surface area contributed by atoms with E-state index in [0.717, 1.165) is 24.6 Å². The molecule has 0 radical (unpaired) electrons. The number of benzene rings is 1. The summed E-state index contributed by atoms with van der Waals surface area (Å²) in [6.07, 6.45) is 2.99.